The molecule has 0 aliphatic rings. The van der Waals surface area contributed by atoms with Crippen molar-refractivity contribution in [3.8, 4) is 11.3 Å². The van der Waals surface area contributed by atoms with E-state index in [1.807, 2.05) is 35.0 Å². The summed E-state index contributed by atoms with van der Waals surface area (Å²) in [6.07, 6.45) is 2.18. The number of unbranched alkanes of at least 4 members (excludes halogenated alkanes) is 1. The van der Waals surface area contributed by atoms with Crippen LogP contribution in [0.2, 0.25) is 5.15 Å². The number of halogens is 2. The maximum absolute atomic E-state index is 6.33. The molecule has 0 radical (unpaired) electrons. The first kappa shape index (κ1) is 13.4. The first-order valence-corrected chi connectivity index (χ1v) is 7.05. The summed E-state index contributed by atoms with van der Waals surface area (Å²) in [5, 5.41) is 5.25. The van der Waals surface area contributed by atoms with Gasteiger partial charge in [0, 0.05) is 17.7 Å². The molecule has 2 nitrogen and oxygen atoms in total. The molecule has 1 aromatic carbocycles. The van der Waals surface area contributed by atoms with Crippen molar-refractivity contribution in [2.45, 2.75) is 32.2 Å². The molecule has 2 aromatic rings. The molecule has 0 amide bonds. The Morgan fingerprint density at radius 2 is 1.94 bits per heavy atom. The number of rotatable bonds is 5. The van der Waals surface area contributed by atoms with Crippen molar-refractivity contribution < 1.29 is 0 Å². The van der Waals surface area contributed by atoms with E-state index < -0.39 is 0 Å². The summed E-state index contributed by atoms with van der Waals surface area (Å²) < 4.78 is 1.85. The molecule has 0 bridgehead atoms. The molecule has 18 heavy (non-hydrogen) atoms. The minimum Gasteiger partial charge on any atom is -0.253 e. The van der Waals surface area contributed by atoms with Crippen molar-refractivity contribution in [3.63, 3.8) is 0 Å². The van der Waals surface area contributed by atoms with Gasteiger partial charge in [-0.25, -0.2) is 0 Å². The van der Waals surface area contributed by atoms with Crippen LogP contribution in [0.1, 0.15) is 25.3 Å². The van der Waals surface area contributed by atoms with Gasteiger partial charge in [-0.2, -0.15) is 5.10 Å². The number of hydrogen-bond acceptors (Lipinski definition) is 1. The Morgan fingerprint density at radius 3 is 2.56 bits per heavy atom. The molecule has 0 saturated heterocycles. The molecule has 4 heteroatoms. The number of alkyl halides is 1. The summed E-state index contributed by atoms with van der Waals surface area (Å²) >= 11 is 12.3. The van der Waals surface area contributed by atoms with Crippen LogP contribution in [-0.4, -0.2) is 9.78 Å². The molecule has 0 aliphatic carbocycles. The van der Waals surface area contributed by atoms with E-state index in [0.717, 1.165) is 36.2 Å². The van der Waals surface area contributed by atoms with Crippen LogP contribution >= 0.6 is 23.2 Å². The molecule has 2 rings (SSSR count). The average Bonchev–Trinajstić information content (AvgIpc) is 2.74. The molecular weight excluding hydrogens is 267 g/mol. The lowest BCUT2D eigenvalue weighted by Crippen LogP contribution is -1.99. The van der Waals surface area contributed by atoms with Crippen molar-refractivity contribution in [1.82, 2.24) is 9.78 Å². The Labute approximate surface area is 118 Å². The Balaban J connectivity index is 2.41. The van der Waals surface area contributed by atoms with Gasteiger partial charge in [0.1, 0.15) is 5.15 Å². The zero-order chi connectivity index (χ0) is 13.0. The van der Waals surface area contributed by atoms with Crippen LogP contribution in [-0.2, 0) is 12.4 Å². The normalized spacial score (nSPS) is 10.8. The number of benzene rings is 1. The fourth-order valence-electron chi connectivity index (χ4n) is 1.88. The zero-order valence-electron chi connectivity index (χ0n) is 10.4. The first-order chi connectivity index (χ1) is 8.77. The quantitative estimate of drug-likeness (QED) is 0.724. The molecule has 0 fully saturated rings. The molecule has 0 atom stereocenters. The first-order valence-electron chi connectivity index (χ1n) is 6.14. The summed E-state index contributed by atoms with van der Waals surface area (Å²) in [4.78, 5) is 0. The molecule has 0 saturated carbocycles. The summed E-state index contributed by atoms with van der Waals surface area (Å²) in [6.45, 7) is 2.99. The molecule has 0 unspecified atom stereocenters. The van der Waals surface area contributed by atoms with E-state index in [2.05, 4.69) is 12.0 Å². The van der Waals surface area contributed by atoms with Crippen LogP contribution in [0.15, 0.2) is 30.3 Å². The van der Waals surface area contributed by atoms with Gasteiger partial charge in [0.25, 0.3) is 0 Å². The highest BCUT2D eigenvalue weighted by Crippen LogP contribution is 2.30. The molecule has 0 spiro atoms. The van der Waals surface area contributed by atoms with E-state index in [1.54, 1.807) is 0 Å². The van der Waals surface area contributed by atoms with Crippen molar-refractivity contribution in [1.29, 1.82) is 0 Å². The second kappa shape index (κ2) is 6.26. The van der Waals surface area contributed by atoms with Crippen molar-refractivity contribution in [2.75, 3.05) is 0 Å². The van der Waals surface area contributed by atoms with Crippen LogP contribution < -0.4 is 0 Å². The topological polar surface area (TPSA) is 17.8 Å². The van der Waals surface area contributed by atoms with Crippen LogP contribution in [0.3, 0.4) is 0 Å². The van der Waals surface area contributed by atoms with E-state index in [0.29, 0.717) is 11.0 Å². The maximum Gasteiger partial charge on any atom is 0.132 e. The third-order valence-electron chi connectivity index (χ3n) is 2.89. The van der Waals surface area contributed by atoms with Gasteiger partial charge in [-0.15, -0.1) is 11.6 Å². The molecule has 1 heterocycles. The Morgan fingerprint density at radius 1 is 1.22 bits per heavy atom. The Bertz CT molecular complexity index is 506. The van der Waals surface area contributed by atoms with Crippen LogP contribution in [0.5, 0.6) is 0 Å². The van der Waals surface area contributed by atoms with Gasteiger partial charge in [0.15, 0.2) is 0 Å². The predicted octanol–water partition coefficient (Wildman–Crippen LogP) is 4.74. The molecule has 0 aliphatic heterocycles. The molecule has 0 N–H and O–H groups in total. The summed E-state index contributed by atoms with van der Waals surface area (Å²) in [7, 11) is 0. The Kier molecular flexibility index (Phi) is 4.67. The average molecular weight is 283 g/mol. The van der Waals surface area contributed by atoms with Gasteiger partial charge in [-0.05, 0) is 6.42 Å². The summed E-state index contributed by atoms with van der Waals surface area (Å²) in [6, 6.07) is 10.0. The maximum atomic E-state index is 6.33. The highest BCUT2D eigenvalue weighted by Gasteiger charge is 2.16. The van der Waals surface area contributed by atoms with E-state index in [-0.39, 0.29) is 0 Å². The number of nitrogens with zero attached hydrogens (tertiary/aromatic N) is 2. The summed E-state index contributed by atoms with van der Waals surface area (Å²) in [5.41, 5.74) is 2.87. The second-order valence-electron chi connectivity index (χ2n) is 4.19. The molecule has 1 aromatic heterocycles. The fourth-order valence-corrected chi connectivity index (χ4v) is 2.48. The predicted molar refractivity (Wildman–Crippen MR) is 77.1 cm³/mol. The minimum absolute atomic E-state index is 0.384. The standard InChI is InChI=1S/C14H16Cl2N2/c1-2-3-9-18-14(16)12(10-15)13(17-18)11-7-5-4-6-8-11/h4-8H,2-3,9-10H2,1H3. The van der Waals surface area contributed by atoms with Crippen LogP contribution in [0.25, 0.3) is 11.3 Å². The van der Waals surface area contributed by atoms with E-state index in [4.69, 9.17) is 23.2 Å². The second-order valence-corrected chi connectivity index (χ2v) is 4.82. The lowest BCUT2D eigenvalue weighted by atomic mass is 10.1. The Hall–Kier alpha value is -0.990. The van der Waals surface area contributed by atoms with Gasteiger partial charge in [0.05, 0.1) is 11.6 Å². The van der Waals surface area contributed by atoms with Gasteiger partial charge in [0.2, 0.25) is 0 Å². The highest BCUT2D eigenvalue weighted by molar-refractivity contribution is 6.31. The number of aromatic nitrogens is 2. The lowest BCUT2D eigenvalue weighted by Gasteiger charge is -2.00. The number of aryl methyl sites for hydroxylation is 1. The third kappa shape index (κ3) is 2.70. The van der Waals surface area contributed by atoms with Crippen molar-refractivity contribution in [2.24, 2.45) is 0 Å². The van der Waals surface area contributed by atoms with E-state index in [1.165, 1.54) is 0 Å². The van der Waals surface area contributed by atoms with E-state index in [9.17, 15) is 0 Å². The lowest BCUT2D eigenvalue weighted by molar-refractivity contribution is 0.573. The monoisotopic (exact) mass is 282 g/mol. The van der Waals surface area contributed by atoms with Gasteiger partial charge < -0.3 is 0 Å². The minimum atomic E-state index is 0.384. The smallest absolute Gasteiger partial charge is 0.132 e. The largest absolute Gasteiger partial charge is 0.253 e. The number of hydrogen-bond donors (Lipinski definition) is 0. The SMILES string of the molecule is CCCCn1nc(-c2ccccc2)c(CCl)c1Cl. The van der Waals surface area contributed by atoms with Crippen molar-refractivity contribution in [3.05, 3.63) is 41.0 Å². The highest BCUT2D eigenvalue weighted by atomic mass is 35.5. The zero-order valence-corrected chi connectivity index (χ0v) is 11.9. The molecule has 96 valence electrons. The summed E-state index contributed by atoms with van der Waals surface area (Å²) in [5.74, 6) is 0.384. The van der Waals surface area contributed by atoms with Crippen LogP contribution in [0, 0.1) is 0 Å². The van der Waals surface area contributed by atoms with Crippen LogP contribution in [0.4, 0.5) is 0 Å². The van der Waals surface area contributed by atoms with Gasteiger partial charge >= 0.3 is 0 Å². The molecular formula is C14H16Cl2N2. The van der Waals surface area contributed by atoms with E-state index >= 15 is 0 Å². The van der Waals surface area contributed by atoms with Crippen molar-refractivity contribution >= 4 is 23.2 Å². The fraction of sp³-hybridized carbons (Fsp3) is 0.357. The third-order valence-corrected chi connectivity index (χ3v) is 3.58. The van der Waals surface area contributed by atoms with Gasteiger partial charge in [-0.3, -0.25) is 4.68 Å². The van der Waals surface area contributed by atoms with Gasteiger partial charge in [-0.1, -0.05) is 55.3 Å².